The Morgan fingerprint density at radius 3 is 2.71 bits per heavy atom. The number of alkyl halides is 3. The van der Waals surface area contributed by atoms with Gasteiger partial charge >= 0.3 is 6.18 Å². The van der Waals surface area contributed by atoms with Crippen molar-refractivity contribution in [3.8, 4) is 5.75 Å². The highest BCUT2D eigenvalue weighted by atomic mass is 19.4. The molecule has 0 spiro atoms. The number of halogens is 3. The number of anilines is 1. The normalized spacial score (nSPS) is 22.3. The second kappa shape index (κ2) is 5.55. The summed E-state index contributed by atoms with van der Waals surface area (Å²) in [6, 6.07) is 2.46. The minimum absolute atomic E-state index is 0.213. The van der Waals surface area contributed by atoms with Crippen molar-refractivity contribution in [3.63, 3.8) is 0 Å². The minimum atomic E-state index is -4.52. The van der Waals surface area contributed by atoms with E-state index in [4.69, 9.17) is 0 Å². The summed E-state index contributed by atoms with van der Waals surface area (Å²) in [5, 5.41) is 15.2. The fraction of sp³-hybridized carbons (Fsp3) is 0.500. The molecule has 0 saturated carbocycles. The first-order valence-electron chi connectivity index (χ1n) is 6.71. The van der Waals surface area contributed by atoms with Crippen molar-refractivity contribution in [1.82, 2.24) is 5.32 Å². The van der Waals surface area contributed by atoms with Crippen LogP contribution >= 0.6 is 0 Å². The molecule has 0 aliphatic carbocycles. The highest BCUT2D eigenvalue weighted by Crippen LogP contribution is 2.36. The van der Waals surface area contributed by atoms with E-state index in [0.29, 0.717) is 25.9 Å². The number of phenolic OH excluding ortho intramolecular Hbond substituents is 1. The van der Waals surface area contributed by atoms with Crippen molar-refractivity contribution in [1.29, 1.82) is 0 Å². The van der Waals surface area contributed by atoms with Crippen molar-refractivity contribution < 1.29 is 23.1 Å². The molecule has 21 heavy (non-hydrogen) atoms. The predicted octanol–water partition coefficient (Wildman–Crippen LogP) is 2.74. The Kier molecular flexibility index (Phi) is 4.13. The number of carbonyl (C=O) groups excluding carboxylic acids is 1. The number of benzene rings is 1. The standard InChI is InChI=1S/C14H17F3N2O2/c1-2-13(5-6-18-8-13)12(21)19-10-7-9(14(15,16)17)3-4-11(10)20/h3-4,7,18,20H,2,5-6,8H2,1H3,(H,19,21). The summed E-state index contributed by atoms with van der Waals surface area (Å²) in [5.74, 6) is -0.752. The lowest BCUT2D eigenvalue weighted by Crippen LogP contribution is -2.37. The van der Waals surface area contributed by atoms with Crippen molar-refractivity contribution in [2.24, 2.45) is 5.41 Å². The Morgan fingerprint density at radius 1 is 1.48 bits per heavy atom. The van der Waals surface area contributed by atoms with E-state index in [1.807, 2.05) is 6.92 Å². The van der Waals surface area contributed by atoms with E-state index in [9.17, 15) is 23.1 Å². The molecular formula is C14H17F3N2O2. The maximum absolute atomic E-state index is 12.7. The van der Waals surface area contributed by atoms with Crippen LogP contribution < -0.4 is 10.6 Å². The van der Waals surface area contributed by atoms with Crippen molar-refractivity contribution in [2.45, 2.75) is 25.9 Å². The highest BCUT2D eigenvalue weighted by Gasteiger charge is 2.40. The smallest absolute Gasteiger partial charge is 0.416 e. The van der Waals surface area contributed by atoms with Gasteiger partial charge in [-0.1, -0.05) is 6.92 Å². The van der Waals surface area contributed by atoms with Crippen molar-refractivity contribution in [3.05, 3.63) is 23.8 Å². The SMILES string of the molecule is CCC1(C(=O)Nc2cc(C(F)(F)F)ccc2O)CCNC1. The molecule has 1 aliphatic rings. The van der Waals surface area contributed by atoms with Gasteiger partial charge < -0.3 is 15.7 Å². The number of carbonyl (C=O) groups is 1. The number of hydrogen-bond donors (Lipinski definition) is 3. The number of aromatic hydroxyl groups is 1. The van der Waals surface area contributed by atoms with E-state index in [0.717, 1.165) is 18.2 Å². The molecule has 1 heterocycles. The molecule has 1 aromatic carbocycles. The van der Waals surface area contributed by atoms with E-state index >= 15 is 0 Å². The monoisotopic (exact) mass is 302 g/mol. The van der Waals surface area contributed by atoms with Gasteiger partial charge in [-0.05, 0) is 37.6 Å². The van der Waals surface area contributed by atoms with E-state index < -0.39 is 17.2 Å². The van der Waals surface area contributed by atoms with Crippen molar-refractivity contribution in [2.75, 3.05) is 18.4 Å². The largest absolute Gasteiger partial charge is 0.506 e. The van der Waals surface area contributed by atoms with Gasteiger partial charge in [-0.15, -0.1) is 0 Å². The quantitative estimate of drug-likeness (QED) is 0.752. The van der Waals surface area contributed by atoms with Gasteiger partial charge in [-0.2, -0.15) is 13.2 Å². The first kappa shape index (κ1) is 15.6. The van der Waals surface area contributed by atoms with Crippen LogP contribution in [-0.4, -0.2) is 24.1 Å². The molecule has 0 bridgehead atoms. The van der Waals surface area contributed by atoms with Crippen LogP contribution in [0.5, 0.6) is 5.75 Å². The summed E-state index contributed by atoms with van der Waals surface area (Å²) < 4.78 is 38.0. The summed E-state index contributed by atoms with van der Waals surface area (Å²) in [6.07, 6.45) is -3.33. The third-order valence-corrected chi connectivity index (χ3v) is 3.97. The van der Waals surface area contributed by atoms with E-state index in [1.165, 1.54) is 0 Å². The molecule has 2 rings (SSSR count). The Morgan fingerprint density at radius 2 is 2.19 bits per heavy atom. The molecule has 116 valence electrons. The molecular weight excluding hydrogens is 285 g/mol. The molecule has 1 atom stereocenters. The number of hydrogen-bond acceptors (Lipinski definition) is 3. The zero-order valence-corrected chi connectivity index (χ0v) is 11.5. The number of amides is 1. The summed E-state index contributed by atoms with van der Waals surface area (Å²) in [6.45, 7) is 3.03. The number of rotatable bonds is 3. The molecule has 1 aromatic rings. The average molecular weight is 302 g/mol. The highest BCUT2D eigenvalue weighted by molar-refractivity contribution is 5.97. The average Bonchev–Trinajstić information content (AvgIpc) is 2.90. The summed E-state index contributed by atoms with van der Waals surface area (Å²) >= 11 is 0. The second-order valence-electron chi connectivity index (χ2n) is 5.24. The minimum Gasteiger partial charge on any atom is -0.506 e. The Hall–Kier alpha value is -1.76. The first-order chi connectivity index (χ1) is 9.78. The molecule has 1 aliphatic heterocycles. The predicted molar refractivity (Wildman–Crippen MR) is 71.9 cm³/mol. The molecule has 7 heteroatoms. The molecule has 0 aromatic heterocycles. The van der Waals surface area contributed by atoms with Gasteiger partial charge in [-0.25, -0.2) is 0 Å². The van der Waals surface area contributed by atoms with Crippen LogP contribution in [0.1, 0.15) is 25.3 Å². The topological polar surface area (TPSA) is 61.4 Å². The third kappa shape index (κ3) is 3.12. The van der Waals surface area contributed by atoms with E-state index in [2.05, 4.69) is 10.6 Å². The van der Waals surface area contributed by atoms with Crippen LogP contribution in [0.15, 0.2) is 18.2 Å². The molecule has 0 radical (unpaired) electrons. The molecule has 1 fully saturated rings. The van der Waals surface area contributed by atoms with Crippen LogP contribution in [0.3, 0.4) is 0 Å². The Bertz CT molecular complexity index is 538. The van der Waals surface area contributed by atoms with E-state index in [-0.39, 0.29) is 17.3 Å². The summed E-state index contributed by atoms with van der Waals surface area (Å²) in [7, 11) is 0. The maximum atomic E-state index is 12.7. The van der Waals surface area contributed by atoms with Gasteiger partial charge in [0, 0.05) is 6.54 Å². The zero-order valence-electron chi connectivity index (χ0n) is 11.5. The fourth-order valence-electron chi connectivity index (χ4n) is 2.47. The third-order valence-electron chi connectivity index (χ3n) is 3.97. The van der Waals surface area contributed by atoms with Gasteiger partial charge in [0.05, 0.1) is 16.7 Å². The van der Waals surface area contributed by atoms with Crippen molar-refractivity contribution >= 4 is 11.6 Å². The zero-order chi connectivity index (χ0) is 15.7. The van der Waals surface area contributed by atoms with Gasteiger partial charge in [0.15, 0.2) is 0 Å². The van der Waals surface area contributed by atoms with Crippen LogP contribution in [0.25, 0.3) is 0 Å². The number of phenols is 1. The summed E-state index contributed by atoms with van der Waals surface area (Å²) in [4.78, 5) is 12.3. The van der Waals surface area contributed by atoms with Crippen LogP contribution in [0.2, 0.25) is 0 Å². The van der Waals surface area contributed by atoms with Crippen LogP contribution in [0.4, 0.5) is 18.9 Å². The van der Waals surface area contributed by atoms with Crippen LogP contribution in [-0.2, 0) is 11.0 Å². The summed E-state index contributed by atoms with van der Waals surface area (Å²) in [5.41, 5.74) is -1.76. The first-order valence-corrected chi connectivity index (χ1v) is 6.71. The Labute approximate surface area is 120 Å². The van der Waals surface area contributed by atoms with Gasteiger partial charge in [0.1, 0.15) is 5.75 Å². The Balaban J connectivity index is 2.25. The lowest BCUT2D eigenvalue weighted by molar-refractivity contribution is -0.137. The van der Waals surface area contributed by atoms with Crippen LogP contribution in [0, 0.1) is 5.41 Å². The maximum Gasteiger partial charge on any atom is 0.416 e. The van der Waals surface area contributed by atoms with Gasteiger partial charge in [0.2, 0.25) is 5.91 Å². The lowest BCUT2D eigenvalue weighted by Gasteiger charge is -2.25. The second-order valence-corrected chi connectivity index (χ2v) is 5.24. The molecule has 4 nitrogen and oxygen atoms in total. The molecule has 1 amide bonds. The van der Waals surface area contributed by atoms with Gasteiger partial charge in [-0.3, -0.25) is 4.79 Å². The molecule has 1 unspecified atom stereocenters. The van der Waals surface area contributed by atoms with Gasteiger partial charge in [0.25, 0.3) is 0 Å². The molecule has 3 N–H and O–H groups in total. The fourth-order valence-corrected chi connectivity index (χ4v) is 2.47. The lowest BCUT2D eigenvalue weighted by atomic mass is 9.83. The molecule has 1 saturated heterocycles. The van der Waals surface area contributed by atoms with E-state index in [1.54, 1.807) is 0 Å². The number of nitrogens with one attached hydrogen (secondary N) is 2.